The number of aromatic nitrogens is 3. The van der Waals surface area contributed by atoms with E-state index < -0.39 is 24.8 Å². The number of benzene rings is 2. The van der Waals surface area contributed by atoms with Crippen molar-refractivity contribution in [3.05, 3.63) is 83.8 Å². The van der Waals surface area contributed by atoms with Crippen molar-refractivity contribution >= 4 is 46.3 Å². The summed E-state index contributed by atoms with van der Waals surface area (Å²) in [5.41, 5.74) is 2.86. The molecule has 2 N–H and O–H groups in total. The van der Waals surface area contributed by atoms with Crippen LogP contribution in [0.15, 0.2) is 66.9 Å². The Labute approximate surface area is 269 Å². The van der Waals surface area contributed by atoms with E-state index in [0.717, 1.165) is 39.5 Å². The van der Waals surface area contributed by atoms with Crippen LogP contribution < -0.4 is 5.46 Å². The van der Waals surface area contributed by atoms with E-state index in [4.69, 9.17) is 18.8 Å². The van der Waals surface area contributed by atoms with Crippen molar-refractivity contribution in [2.24, 2.45) is 0 Å². The summed E-state index contributed by atoms with van der Waals surface area (Å²) in [4.78, 5) is 33.4. The van der Waals surface area contributed by atoms with Gasteiger partial charge in [-0.25, -0.2) is 9.59 Å². The Morgan fingerprint density at radius 2 is 1.32 bits per heavy atom. The average molecular weight is 649 g/mol. The number of aromatic amines is 2. The van der Waals surface area contributed by atoms with E-state index in [1.165, 1.54) is 6.07 Å². The fraction of sp³-hybridized carbons (Fsp3) is 0.324. The number of halogens is 3. The van der Waals surface area contributed by atoms with E-state index in [9.17, 15) is 22.8 Å². The van der Waals surface area contributed by atoms with E-state index in [0.29, 0.717) is 29.3 Å². The Hall–Kier alpha value is -4.62. The number of fused-ring (bicyclic) bond motifs is 2. The topological polar surface area (TPSA) is 116 Å². The fourth-order valence-corrected chi connectivity index (χ4v) is 4.94. The van der Waals surface area contributed by atoms with Gasteiger partial charge in [0.25, 0.3) is 0 Å². The summed E-state index contributed by atoms with van der Waals surface area (Å²) in [6.07, 6.45) is -3.61. The molecule has 0 radical (unpaired) electrons. The number of hydrogen-bond donors (Lipinski definition) is 2. The highest BCUT2D eigenvalue weighted by Crippen LogP contribution is 2.36. The molecule has 3 aromatic heterocycles. The van der Waals surface area contributed by atoms with Crippen molar-refractivity contribution in [3.8, 4) is 11.3 Å². The smallest absolute Gasteiger partial charge is 0.461 e. The number of carbonyl (C=O) groups is 2. The molecule has 0 saturated carbocycles. The maximum atomic E-state index is 12.6. The van der Waals surface area contributed by atoms with Crippen molar-refractivity contribution in [3.63, 3.8) is 0 Å². The second-order valence-electron chi connectivity index (χ2n) is 12.0. The maximum Gasteiger partial charge on any atom is 0.494 e. The molecule has 0 spiro atoms. The lowest BCUT2D eigenvalue weighted by molar-refractivity contribution is -0.137. The van der Waals surface area contributed by atoms with Gasteiger partial charge in [-0.2, -0.15) is 13.2 Å². The number of hydrogen-bond acceptors (Lipinski definition) is 7. The minimum absolute atomic E-state index is 0.273. The van der Waals surface area contributed by atoms with Crippen molar-refractivity contribution in [2.75, 3.05) is 13.2 Å². The number of H-pyrrole nitrogens is 2. The summed E-state index contributed by atoms with van der Waals surface area (Å²) in [6, 6.07) is 16.8. The van der Waals surface area contributed by atoms with Crippen LogP contribution in [0.25, 0.3) is 33.1 Å². The molecule has 47 heavy (non-hydrogen) atoms. The monoisotopic (exact) mass is 649 g/mol. The molecule has 0 unspecified atom stereocenters. The number of alkyl halides is 3. The summed E-state index contributed by atoms with van der Waals surface area (Å²) < 4.78 is 59.8. The molecule has 0 bridgehead atoms. The minimum Gasteiger partial charge on any atom is -0.461 e. The van der Waals surface area contributed by atoms with Gasteiger partial charge in [0.1, 0.15) is 11.4 Å². The van der Waals surface area contributed by atoms with E-state index >= 15 is 0 Å². The molecule has 0 amide bonds. The molecule has 2 aromatic carbocycles. The first kappa shape index (κ1) is 33.7. The first-order chi connectivity index (χ1) is 22.1. The Morgan fingerprint density at radius 1 is 0.787 bits per heavy atom. The Morgan fingerprint density at radius 3 is 1.81 bits per heavy atom. The zero-order valence-corrected chi connectivity index (χ0v) is 26.9. The predicted molar refractivity (Wildman–Crippen MR) is 172 cm³/mol. The van der Waals surface area contributed by atoms with Crippen LogP contribution >= 0.6 is 0 Å². The molecule has 246 valence electrons. The highest BCUT2D eigenvalue weighted by Gasteiger charge is 2.51. The van der Waals surface area contributed by atoms with Crippen molar-refractivity contribution < 1.29 is 41.5 Å². The number of pyridine rings is 1. The van der Waals surface area contributed by atoms with Crippen molar-refractivity contribution in [1.29, 1.82) is 0 Å². The molecule has 0 atom stereocenters. The molecular weight excluding hydrogens is 614 g/mol. The summed E-state index contributed by atoms with van der Waals surface area (Å²) in [7, 11) is -0.412. The van der Waals surface area contributed by atoms with Crippen LogP contribution in [0.2, 0.25) is 0 Å². The summed E-state index contributed by atoms with van der Waals surface area (Å²) in [6.45, 7) is 12.2. The third kappa shape index (κ3) is 7.21. The van der Waals surface area contributed by atoms with Gasteiger partial charge in [0.15, 0.2) is 0 Å². The van der Waals surface area contributed by atoms with E-state index in [1.54, 1.807) is 44.2 Å². The van der Waals surface area contributed by atoms with Gasteiger partial charge in [0.2, 0.25) is 0 Å². The zero-order valence-electron chi connectivity index (χ0n) is 26.9. The van der Waals surface area contributed by atoms with E-state index in [1.807, 2.05) is 45.9 Å². The lowest BCUT2D eigenvalue weighted by Crippen LogP contribution is -2.41. The van der Waals surface area contributed by atoms with Crippen LogP contribution in [-0.4, -0.2) is 58.4 Å². The van der Waals surface area contributed by atoms with E-state index in [2.05, 4.69) is 15.0 Å². The molecule has 13 heteroatoms. The average Bonchev–Trinajstić information content (AvgIpc) is 3.70. The normalized spacial score (nSPS) is 15.4. The molecule has 9 nitrogen and oxygen atoms in total. The quantitative estimate of drug-likeness (QED) is 0.149. The minimum atomic E-state index is -4.41. The number of ether oxygens (including phenoxy) is 2. The summed E-state index contributed by atoms with van der Waals surface area (Å²) in [5.74, 6) is -0.802. The molecule has 6 rings (SSSR count). The van der Waals surface area contributed by atoms with Gasteiger partial charge in [-0.15, -0.1) is 0 Å². The van der Waals surface area contributed by atoms with Gasteiger partial charge in [-0.3, -0.25) is 4.98 Å². The fourth-order valence-electron chi connectivity index (χ4n) is 4.94. The lowest BCUT2D eigenvalue weighted by Gasteiger charge is -2.32. The second-order valence-corrected chi connectivity index (χ2v) is 12.0. The first-order valence-electron chi connectivity index (χ1n) is 15.1. The molecule has 1 aliphatic heterocycles. The summed E-state index contributed by atoms with van der Waals surface area (Å²) >= 11 is 0. The van der Waals surface area contributed by atoms with Crippen LogP contribution in [0.1, 0.15) is 68.1 Å². The van der Waals surface area contributed by atoms with Crippen LogP contribution in [0.5, 0.6) is 0 Å². The largest absolute Gasteiger partial charge is 0.494 e. The van der Waals surface area contributed by atoms with Crippen LogP contribution in [0.4, 0.5) is 13.2 Å². The molecule has 1 aliphatic rings. The van der Waals surface area contributed by atoms with Gasteiger partial charge in [0, 0.05) is 28.2 Å². The number of esters is 2. The molecule has 5 aromatic rings. The SMILES string of the molecule is CCOC(=O)c1cc2cc(-c3ccc(C(F)(F)F)cn3)ccc2[nH]1.CCOC(=O)c1cc2cc(B3OC(C)(C)C(C)(C)O3)ccc2[nH]1. The van der Waals surface area contributed by atoms with Gasteiger partial charge in [-0.1, -0.05) is 18.2 Å². The second kappa shape index (κ2) is 12.9. The van der Waals surface area contributed by atoms with E-state index in [-0.39, 0.29) is 23.8 Å². The number of nitrogens with one attached hydrogen (secondary N) is 2. The molecule has 1 saturated heterocycles. The lowest BCUT2D eigenvalue weighted by atomic mass is 9.79. The van der Waals surface area contributed by atoms with Gasteiger partial charge in [-0.05, 0) is 94.9 Å². The van der Waals surface area contributed by atoms with Crippen molar-refractivity contribution in [2.45, 2.75) is 58.9 Å². The standard InChI is InChI=1S/C17H22BNO4.C17H13F3N2O2/c1-6-21-15(20)14-10-11-9-12(7-8-13(11)19-14)18-22-16(2,3)17(4,5)23-18;1-2-24-16(23)15-8-11-7-10(3-5-14(11)22-15)13-6-4-12(9-21-13)17(18,19)20/h7-10,19H,6H2,1-5H3;3-9,22H,2H2,1H3. The predicted octanol–water partition coefficient (Wildman–Crippen LogP) is 7.07. The van der Waals surface area contributed by atoms with Gasteiger partial charge >= 0.3 is 25.2 Å². The van der Waals surface area contributed by atoms with Gasteiger partial charge in [0.05, 0.1) is 35.7 Å². The first-order valence-corrected chi connectivity index (χ1v) is 15.1. The Balaban J connectivity index is 0.000000185. The molecule has 4 heterocycles. The van der Waals surface area contributed by atoms with Crippen molar-refractivity contribution in [1.82, 2.24) is 15.0 Å². The van der Waals surface area contributed by atoms with Crippen LogP contribution in [0, 0.1) is 0 Å². The number of nitrogens with zero attached hydrogens (tertiary/aromatic N) is 1. The van der Waals surface area contributed by atoms with Crippen LogP contribution in [0.3, 0.4) is 0 Å². The zero-order chi connectivity index (χ0) is 34.1. The highest BCUT2D eigenvalue weighted by atomic mass is 19.4. The Bertz CT molecular complexity index is 1900. The maximum absolute atomic E-state index is 12.6. The van der Waals surface area contributed by atoms with Gasteiger partial charge < -0.3 is 28.8 Å². The molecular formula is C34H35BF3N3O6. The third-order valence-corrected chi connectivity index (χ3v) is 8.17. The molecule has 0 aliphatic carbocycles. The van der Waals surface area contributed by atoms with Crippen LogP contribution in [-0.2, 0) is 25.0 Å². The number of rotatable bonds is 6. The molecule has 1 fully saturated rings. The summed E-state index contributed by atoms with van der Waals surface area (Å²) in [5, 5.41) is 1.68. The Kier molecular flexibility index (Phi) is 9.25. The highest BCUT2D eigenvalue weighted by molar-refractivity contribution is 6.62. The number of carbonyl (C=O) groups excluding carboxylic acids is 2. The third-order valence-electron chi connectivity index (χ3n) is 8.17.